The van der Waals surface area contributed by atoms with E-state index < -0.39 is 10.7 Å². The van der Waals surface area contributed by atoms with Gasteiger partial charge < -0.3 is 4.74 Å². The summed E-state index contributed by atoms with van der Waals surface area (Å²) in [6, 6.07) is 9.86. The van der Waals surface area contributed by atoms with Crippen LogP contribution >= 0.6 is 15.9 Å². The average Bonchev–Trinajstić information content (AvgIpc) is 2.46. The van der Waals surface area contributed by atoms with Crippen molar-refractivity contribution >= 4 is 21.6 Å². The summed E-state index contributed by atoms with van der Waals surface area (Å²) >= 11 is 3.19. The van der Waals surface area contributed by atoms with E-state index in [-0.39, 0.29) is 23.6 Å². The number of hydrogen-bond acceptors (Lipinski definition) is 4. The molecule has 2 aromatic rings. The Morgan fingerprint density at radius 3 is 2.71 bits per heavy atom. The molecular formula is C14H8BrFN2O3. The number of halogens is 2. The lowest BCUT2D eigenvalue weighted by Crippen LogP contribution is -2.00. The van der Waals surface area contributed by atoms with Crippen molar-refractivity contribution in [3.05, 3.63) is 67.9 Å². The predicted octanol–water partition coefficient (Wildman–Crippen LogP) is 3.95. The van der Waals surface area contributed by atoms with E-state index in [0.717, 1.165) is 6.07 Å². The summed E-state index contributed by atoms with van der Waals surface area (Å²) in [4.78, 5) is 10.4. The molecule has 106 valence electrons. The molecule has 0 unspecified atom stereocenters. The number of nitro benzene ring substituents is 1. The Bertz CT molecular complexity index is 743. The van der Waals surface area contributed by atoms with Crippen molar-refractivity contribution in [2.45, 2.75) is 6.61 Å². The van der Waals surface area contributed by atoms with E-state index in [4.69, 9.17) is 10.00 Å². The van der Waals surface area contributed by atoms with Crippen LogP contribution in [0, 0.1) is 27.3 Å². The molecule has 21 heavy (non-hydrogen) atoms. The Morgan fingerprint density at radius 2 is 2.10 bits per heavy atom. The predicted molar refractivity (Wildman–Crippen MR) is 76.2 cm³/mol. The molecule has 0 heterocycles. The van der Waals surface area contributed by atoms with Gasteiger partial charge in [-0.2, -0.15) is 5.26 Å². The summed E-state index contributed by atoms with van der Waals surface area (Å²) in [5.41, 5.74) is 0.541. The van der Waals surface area contributed by atoms with Gasteiger partial charge >= 0.3 is 5.69 Å². The first-order chi connectivity index (χ1) is 10.0. The molecule has 0 aliphatic rings. The zero-order valence-electron chi connectivity index (χ0n) is 10.5. The van der Waals surface area contributed by atoms with E-state index in [1.54, 1.807) is 0 Å². The second-order valence-electron chi connectivity index (χ2n) is 4.08. The van der Waals surface area contributed by atoms with E-state index in [1.807, 2.05) is 6.07 Å². The molecule has 0 aliphatic heterocycles. The van der Waals surface area contributed by atoms with Crippen LogP contribution in [-0.4, -0.2) is 4.92 Å². The van der Waals surface area contributed by atoms with Gasteiger partial charge in [-0.25, -0.2) is 4.39 Å². The van der Waals surface area contributed by atoms with Crippen LogP contribution in [0.15, 0.2) is 40.9 Å². The molecular weight excluding hydrogens is 343 g/mol. The van der Waals surface area contributed by atoms with Gasteiger partial charge in [-0.1, -0.05) is 22.0 Å². The summed E-state index contributed by atoms with van der Waals surface area (Å²) in [6.45, 7) is 0.0353. The van der Waals surface area contributed by atoms with Crippen LogP contribution in [0.3, 0.4) is 0 Å². The van der Waals surface area contributed by atoms with E-state index in [1.165, 1.54) is 30.3 Å². The van der Waals surface area contributed by atoms with Crippen LogP contribution < -0.4 is 4.74 Å². The van der Waals surface area contributed by atoms with Gasteiger partial charge in [0.15, 0.2) is 5.75 Å². The highest BCUT2D eigenvalue weighted by Crippen LogP contribution is 2.29. The molecule has 0 amide bonds. The lowest BCUT2D eigenvalue weighted by molar-refractivity contribution is -0.386. The van der Waals surface area contributed by atoms with Crippen molar-refractivity contribution in [3.8, 4) is 11.8 Å². The topological polar surface area (TPSA) is 76.2 Å². The molecule has 0 saturated heterocycles. The number of nitro groups is 1. The van der Waals surface area contributed by atoms with Gasteiger partial charge in [0.2, 0.25) is 0 Å². The van der Waals surface area contributed by atoms with Gasteiger partial charge in [-0.15, -0.1) is 0 Å². The van der Waals surface area contributed by atoms with Gasteiger partial charge in [0.05, 0.1) is 16.6 Å². The van der Waals surface area contributed by atoms with E-state index in [2.05, 4.69) is 15.9 Å². The molecule has 0 saturated carbocycles. The Kier molecular flexibility index (Phi) is 4.50. The fourth-order valence-electron chi connectivity index (χ4n) is 1.65. The lowest BCUT2D eigenvalue weighted by Gasteiger charge is -2.08. The maximum Gasteiger partial charge on any atom is 0.312 e. The first-order valence-corrected chi connectivity index (χ1v) is 6.56. The SMILES string of the molecule is N#Cc1ccc(OCc2ccc(F)cc2Br)c([N+](=O)[O-])c1. The first kappa shape index (κ1) is 14.9. The van der Waals surface area contributed by atoms with Crippen molar-refractivity contribution in [2.24, 2.45) is 0 Å². The van der Waals surface area contributed by atoms with Crippen molar-refractivity contribution < 1.29 is 14.1 Å². The van der Waals surface area contributed by atoms with Gasteiger partial charge in [0.1, 0.15) is 12.4 Å². The standard InChI is InChI=1S/C14H8BrFN2O3/c15-12-6-11(16)3-2-10(12)8-21-14-4-1-9(7-17)5-13(14)18(19)20/h1-6H,8H2. The number of nitriles is 1. The van der Waals surface area contributed by atoms with Crippen molar-refractivity contribution in [2.75, 3.05) is 0 Å². The zero-order valence-corrected chi connectivity index (χ0v) is 12.1. The summed E-state index contributed by atoms with van der Waals surface area (Å²) in [5.74, 6) is -0.342. The molecule has 0 spiro atoms. The van der Waals surface area contributed by atoms with Gasteiger partial charge in [0, 0.05) is 16.1 Å². The number of rotatable bonds is 4. The number of nitrogens with zero attached hydrogens (tertiary/aromatic N) is 2. The Morgan fingerprint density at radius 1 is 1.33 bits per heavy atom. The Balaban J connectivity index is 2.24. The molecule has 7 heteroatoms. The molecule has 0 aromatic heterocycles. The molecule has 0 fully saturated rings. The number of benzene rings is 2. The normalized spacial score (nSPS) is 9.95. The molecule has 0 atom stereocenters. The highest BCUT2D eigenvalue weighted by Gasteiger charge is 2.16. The molecule has 2 aromatic carbocycles. The summed E-state index contributed by atoms with van der Waals surface area (Å²) in [5, 5.41) is 19.7. The molecule has 2 rings (SSSR count). The molecule has 0 N–H and O–H groups in total. The minimum absolute atomic E-state index is 0.0353. The van der Waals surface area contributed by atoms with E-state index in [9.17, 15) is 14.5 Å². The van der Waals surface area contributed by atoms with E-state index >= 15 is 0 Å². The van der Waals surface area contributed by atoms with Crippen LogP contribution in [0.5, 0.6) is 5.75 Å². The molecule has 0 radical (unpaired) electrons. The Labute approximate surface area is 127 Å². The van der Waals surface area contributed by atoms with Crippen LogP contribution in [0.25, 0.3) is 0 Å². The van der Waals surface area contributed by atoms with Crippen molar-refractivity contribution in [1.82, 2.24) is 0 Å². The lowest BCUT2D eigenvalue weighted by atomic mass is 10.2. The quantitative estimate of drug-likeness (QED) is 0.617. The number of ether oxygens (including phenoxy) is 1. The maximum absolute atomic E-state index is 13.0. The van der Waals surface area contributed by atoms with Gasteiger partial charge in [-0.05, 0) is 24.3 Å². The third-order valence-electron chi connectivity index (χ3n) is 2.68. The first-order valence-electron chi connectivity index (χ1n) is 5.76. The second kappa shape index (κ2) is 6.33. The molecule has 0 aliphatic carbocycles. The second-order valence-corrected chi connectivity index (χ2v) is 4.93. The summed E-state index contributed by atoms with van der Waals surface area (Å²) < 4.78 is 18.9. The van der Waals surface area contributed by atoms with Crippen molar-refractivity contribution in [3.63, 3.8) is 0 Å². The van der Waals surface area contributed by atoms with Crippen molar-refractivity contribution in [1.29, 1.82) is 5.26 Å². The number of hydrogen-bond donors (Lipinski definition) is 0. The molecule has 0 bridgehead atoms. The highest BCUT2D eigenvalue weighted by molar-refractivity contribution is 9.10. The molecule has 5 nitrogen and oxygen atoms in total. The van der Waals surface area contributed by atoms with Gasteiger partial charge in [-0.3, -0.25) is 10.1 Å². The monoisotopic (exact) mass is 350 g/mol. The fraction of sp³-hybridized carbons (Fsp3) is 0.0714. The zero-order chi connectivity index (χ0) is 15.4. The highest BCUT2D eigenvalue weighted by atomic mass is 79.9. The third-order valence-corrected chi connectivity index (χ3v) is 3.42. The average molecular weight is 351 g/mol. The summed E-state index contributed by atoms with van der Waals surface area (Å²) in [7, 11) is 0. The van der Waals surface area contributed by atoms with Crippen LogP contribution in [0.4, 0.5) is 10.1 Å². The minimum atomic E-state index is -0.615. The van der Waals surface area contributed by atoms with Crippen LogP contribution in [-0.2, 0) is 6.61 Å². The fourth-order valence-corrected chi connectivity index (χ4v) is 2.11. The van der Waals surface area contributed by atoms with Crippen LogP contribution in [0.1, 0.15) is 11.1 Å². The van der Waals surface area contributed by atoms with Gasteiger partial charge in [0.25, 0.3) is 0 Å². The Hall–Kier alpha value is -2.46. The van der Waals surface area contributed by atoms with Crippen LogP contribution in [0.2, 0.25) is 0 Å². The third kappa shape index (κ3) is 3.55. The maximum atomic E-state index is 13.0. The van der Waals surface area contributed by atoms with E-state index in [0.29, 0.717) is 10.0 Å². The summed E-state index contributed by atoms with van der Waals surface area (Å²) in [6.07, 6.45) is 0. The smallest absolute Gasteiger partial charge is 0.312 e. The largest absolute Gasteiger partial charge is 0.482 e. The minimum Gasteiger partial charge on any atom is -0.482 e.